The first-order chi connectivity index (χ1) is 6.66. The van der Waals surface area contributed by atoms with Gasteiger partial charge in [0, 0.05) is 15.7 Å². The zero-order chi connectivity index (χ0) is 10.1. The van der Waals surface area contributed by atoms with Crippen LogP contribution >= 0.6 is 39.1 Å². The lowest BCUT2D eigenvalue weighted by molar-refractivity contribution is 1.05. The van der Waals surface area contributed by atoms with Crippen molar-refractivity contribution in [1.29, 1.82) is 0 Å². The predicted molar refractivity (Wildman–Crippen MR) is 61.3 cm³/mol. The molecule has 0 fully saturated rings. The summed E-state index contributed by atoms with van der Waals surface area (Å²) in [6.45, 7) is 0. The number of hydrogen-bond donors (Lipinski definition) is 0. The molecule has 1 aromatic heterocycles. The van der Waals surface area contributed by atoms with Crippen LogP contribution < -0.4 is 0 Å². The summed E-state index contributed by atoms with van der Waals surface area (Å²) >= 11 is 15.0. The molecule has 2 aromatic rings. The van der Waals surface area contributed by atoms with Crippen LogP contribution in [0.2, 0.25) is 10.2 Å². The molecule has 0 saturated heterocycles. The van der Waals surface area contributed by atoms with Gasteiger partial charge in [-0.1, -0.05) is 23.2 Å². The van der Waals surface area contributed by atoms with E-state index in [1.165, 1.54) is 0 Å². The van der Waals surface area contributed by atoms with Crippen molar-refractivity contribution in [2.24, 2.45) is 0 Å². The van der Waals surface area contributed by atoms with Crippen molar-refractivity contribution >= 4 is 39.1 Å². The van der Waals surface area contributed by atoms with Gasteiger partial charge in [0.25, 0.3) is 0 Å². The molecule has 0 bridgehead atoms. The van der Waals surface area contributed by atoms with Gasteiger partial charge < -0.3 is 4.57 Å². The average molecular weight is 292 g/mol. The van der Waals surface area contributed by atoms with Gasteiger partial charge in [0.1, 0.15) is 11.5 Å². The molecule has 1 aromatic carbocycles. The van der Waals surface area contributed by atoms with Gasteiger partial charge in [-0.2, -0.15) is 0 Å². The summed E-state index contributed by atoms with van der Waals surface area (Å²) in [6.07, 6.45) is 3.38. The highest BCUT2D eigenvalue weighted by Gasteiger charge is 2.03. The van der Waals surface area contributed by atoms with Crippen LogP contribution in [0.1, 0.15) is 0 Å². The van der Waals surface area contributed by atoms with Crippen molar-refractivity contribution in [3.8, 4) is 5.69 Å². The maximum atomic E-state index is 5.83. The Balaban J connectivity index is 2.52. The highest BCUT2D eigenvalue weighted by atomic mass is 79.9. The molecule has 0 radical (unpaired) electrons. The first-order valence-electron chi connectivity index (χ1n) is 3.82. The number of benzene rings is 1. The van der Waals surface area contributed by atoms with Crippen LogP contribution in [0.25, 0.3) is 5.69 Å². The smallest absolute Gasteiger partial charge is 0.147 e. The summed E-state index contributed by atoms with van der Waals surface area (Å²) in [5.74, 6) is 0. The third kappa shape index (κ3) is 1.95. The molecule has 2 rings (SSSR count). The molecule has 1 heterocycles. The van der Waals surface area contributed by atoms with Gasteiger partial charge in [-0.25, -0.2) is 4.98 Å². The van der Waals surface area contributed by atoms with Gasteiger partial charge in [0.15, 0.2) is 0 Å². The van der Waals surface area contributed by atoms with Gasteiger partial charge in [-0.15, -0.1) is 0 Å². The van der Waals surface area contributed by atoms with E-state index in [4.69, 9.17) is 23.2 Å². The van der Waals surface area contributed by atoms with Crippen LogP contribution in [0.4, 0.5) is 0 Å². The number of imidazole rings is 1. The van der Waals surface area contributed by atoms with E-state index in [0.29, 0.717) is 10.2 Å². The second-order valence-corrected chi connectivity index (χ2v) is 4.38. The van der Waals surface area contributed by atoms with E-state index in [1.807, 2.05) is 22.8 Å². The molecular weight excluding hydrogens is 287 g/mol. The Kier molecular flexibility index (Phi) is 2.81. The summed E-state index contributed by atoms with van der Waals surface area (Å²) in [5.41, 5.74) is 0.953. The zero-order valence-electron chi connectivity index (χ0n) is 6.92. The van der Waals surface area contributed by atoms with Crippen molar-refractivity contribution in [2.45, 2.75) is 0 Å². The average Bonchev–Trinajstić information content (AvgIpc) is 2.51. The number of nitrogens with zero attached hydrogens (tertiary/aromatic N) is 2. The monoisotopic (exact) mass is 290 g/mol. The van der Waals surface area contributed by atoms with E-state index in [9.17, 15) is 0 Å². The molecular formula is C9H5BrCl2N2. The Morgan fingerprint density at radius 3 is 2.64 bits per heavy atom. The Bertz CT molecular complexity index is 468. The second-order valence-electron chi connectivity index (χ2n) is 2.70. The van der Waals surface area contributed by atoms with Crippen molar-refractivity contribution in [2.75, 3.05) is 0 Å². The molecule has 0 atom stereocenters. The second kappa shape index (κ2) is 3.93. The topological polar surface area (TPSA) is 17.8 Å². The first-order valence-corrected chi connectivity index (χ1v) is 5.36. The van der Waals surface area contributed by atoms with Gasteiger partial charge in [-0.3, -0.25) is 0 Å². The van der Waals surface area contributed by atoms with E-state index in [-0.39, 0.29) is 0 Å². The maximum absolute atomic E-state index is 5.83. The highest BCUT2D eigenvalue weighted by Crippen LogP contribution is 2.25. The molecule has 0 aliphatic rings. The molecule has 0 spiro atoms. The Morgan fingerprint density at radius 1 is 1.29 bits per heavy atom. The number of halogens is 3. The first kappa shape index (κ1) is 10.0. The lowest BCUT2D eigenvalue weighted by atomic mass is 10.3. The maximum Gasteiger partial charge on any atom is 0.147 e. The SMILES string of the molecule is Clc1ccc(-n2cnc(Cl)c2)c(Br)c1. The summed E-state index contributed by atoms with van der Waals surface area (Å²) in [4.78, 5) is 3.93. The van der Waals surface area contributed by atoms with Crippen molar-refractivity contribution in [3.05, 3.63) is 45.4 Å². The van der Waals surface area contributed by atoms with E-state index in [1.54, 1.807) is 12.5 Å². The molecule has 72 valence electrons. The summed E-state index contributed by atoms with van der Waals surface area (Å²) in [6, 6.07) is 5.53. The fourth-order valence-corrected chi connectivity index (χ4v) is 2.16. The van der Waals surface area contributed by atoms with Crippen LogP contribution in [-0.2, 0) is 0 Å². The van der Waals surface area contributed by atoms with E-state index < -0.39 is 0 Å². The van der Waals surface area contributed by atoms with Gasteiger partial charge in [0.05, 0.1) is 5.69 Å². The van der Waals surface area contributed by atoms with Gasteiger partial charge >= 0.3 is 0 Å². The number of aromatic nitrogens is 2. The van der Waals surface area contributed by atoms with Crippen LogP contribution in [0.5, 0.6) is 0 Å². The molecule has 0 N–H and O–H groups in total. The molecule has 0 unspecified atom stereocenters. The van der Waals surface area contributed by atoms with Crippen LogP contribution in [0.15, 0.2) is 35.2 Å². The quantitative estimate of drug-likeness (QED) is 0.778. The summed E-state index contributed by atoms with van der Waals surface area (Å²) in [7, 11) is 0. The molecule has 0 saturated carbocycles. The van der Waals surface area contributed by atoms with E-state index in [0.717, 1.165) is 10.2 Å². The third-order valence-corrected chi connectivity index (χ3v) is 2.80. The summed E-state index contributed by atoms with van der Waals surface area (Å²) in [5, 5.41) is 1.15. The standard InChI is InChI=1S/C9H5BrCl2N2/c10-7-3-6(11)1-2-8(7)14-4-9(12)13-5-14/h1-5H. The lowest BCUT2D eigenvalue weighted by Gasteiger charge is -2.04. The molecule has 5 heteroatoms. The van der Waals surface area contributed by atoms with E-state index in [2.05, 4.69) is 20.9 Å². The lowest BCUT2D eigenvalue weighted by Crippen LogP contribution is -1.90. The van der Waals surface area contributed by atoms with Gasteiger partial charge in [-0.05, 0) is 34.1 Å². The van der Waals surface area contributed by atoms with Gasteiger partial charge in [0.2, 0.25) is 0 Å². The normalized spacial score (nSPS) is 10.5. The molecule has 0 aliphatic heterocycles. The minimum atomic E-state index is 0.465. The van der Waals surface area contributed by atoms with Crippen molar-refractivity contribution in [3.63, 3.8) is 0 Å². The van der Waals surface area contributed by atoms with Crippen LogP contribution in [-0.4, -0.2) is 9.55 Å². The Labute approximate surface area is 99.6 Å². The molecule has 14 heavy (non-hydrogen) atoms. The fraction of sp³-hybridized carbons (Fsp3) is 0. The predicted octanol–water partition coefficient (Wildman–Crippen LogP) is 3.94. The van der Waals surface area contributed by atoms with Crippen molar-refractivity contribution in [1.82, 2.24) is 9.55 Å². The highest BCUT2D eigenvalue weighted by molar-refractivity contribution is 9.10. The van der Waals surface area contributed by atoms with Crippen LogP contribution in [0, 0.1) is 0 Å². The summed E-state index contributed by atoms with van der Waals surface area (Å²) < 4.78 is 2.72. The fourth-order valence-electron chi connectivity index (χ4n) is 1.12. The van der Waals surface area contributed by atoms with Crippen LogP contribution in [0.3, 0.4) is 0 Å². The molecule has 0 amide bonds. The third-order valence-electron chi connectivity index (χ3n) is 1.74. The minimum absolute atomic E-state index is 0.465. The van der Waals surface area contributed by atoms with Crippen molar-refractivity contribution < 1.29 is 0 Å². The minimum Gasteiger partial charge on any atom is -0.304 e. The number of rotatable bonds is 1. The Hall–Kier alpha value is -0.510. The Morgan fingerprint density at radius 2 is 2.07 bits per heavy atom. The van der Waals surface area contributed by atoms with E-state index >= 15 is 0 Å². The zero-order valence-corrected chi connectivity index (χ0v) is 10.0. The molecule has 2 nitrogen and oxygen atoms in total. The molecule has 0 aliphatic carbocycles. The number of hydrogen-bond acceptors (Lipinski definition) is 1. The largest absolute Gasteiger partial charge is 0.304 e.